The molecule has 4 aromatic rings. The van der Waals surface area contributed by atoms with Crippen molar-refractivity contribution >= 4 is 16.7 Å². The van der Waals surface area contributed by atoms with E-state index < -0.39 is 0 Å². The molecule has 1 aliphatic rings. The molecule has 0 atom stereocenters. The van der Waals surface area contributed by atoms with Crippen LogP contribution >= 0.6 is 0 Å². The SMILES string of the molecule is Fc1cc(N2CCN(Cc3ccc(-c4ccccc4)cc3)CC2)nc2ccccc12. The number of aromatic nitrogens is 1. The van der Waals surface area contributed by atoms with Gasteiger partial charge in [-0.2, -0.15) is 0 Å². The molecule has 0 spiro atoms. The highest BCUT2D eigenvalue weighted by Crippen LogP contribution is 2.24. The van der Waals surface area contributed by atoms with Crippen molar-refractivity contribution in [3.8, 4) is 11.1 Å². The molecule has 2 heterocycles. The Morgan fingerprint density at radius 2 is 1.40 bits per heavy atom. The molecular formula is C26H24FN3. The Balaban J connectivity index is 1.22. The van der Waals surface area contributed by atoms with E-state index in [4.69, 9.17) is 0 Å². The van der Waals surface area contributed by atoms with E-state index in [1.165, 1.54) is 16.7 Å². The fourth-order valence-corrected chi connectivity index (χ4v) is 4.11. The average Bonchev–Trinajstić information content (AvgIpc) is 2.81. The normalized spacial score (nSPS) is 14.9. The standard InChI is InChI=1S/C26H24FN3/c27-24-18-26(28-25-9-5-4-8-23(24)25)30-16-14-29(15-17-30)19-20-10-12-22(13-11-20)21-6-2-1-3-7-21/h1-13,18H,14-17,19H2. The molecule has 1 fully saturated rings. The number of para-hydroxylation sites is 1. The Labute approximate surface area is 176 Å². The number of anilines is 1. The van der Waals surface area contributed by atoms with Crippen molar-refractivity contribution in [1.29, 1.82) is 0 Å². The lowest BCUT2D eigenvalue weighted by Crippen LogP contribution is -2.46. The van der Waals surface area contributed by atoms with Gasteiger partial charge in [-0.15, -0.1) is 0 Å². The zero-order valence-electron chi connectivity index (χ0n) is 16.8. The van der Waals surface area contributed by atoms with Gasteiger partial charge in [0.25, 0.3) is 0 Å². The van der Waals surface area contributed by atoms with Gasteiger partial charge < -0.3 is 4.90 Å². The van der Waals surface area contributed by atoms with E-state index in [1.807, 2.05) is 24.3 Å². The minimum absolute atomic E-state index is 0.198. The van der Waals surface area contributed by atoms with Crippen LogP contribution in [-0.2, 0) is 6.54 Å². The first-order chi connectivity index (χ1) is 14.8. The minimum atomic E-state index is -0.198. The quantitative estimate of drug-likeness (QED) is 0.462. The molecule has 0 radical (unpaired) electrons. The Kier molecular flexibility index (Phi) is 5.16. The third kappa shape index (κ3) is 3.91. The van der Waals surface area contributed by atoms with E-state index in [1.54, 1.807) is 12.1 Å². The van der Waals surface area contributed by atoms with Gasteiger partial charge in [-0.05, 0) is 28.8 Å². The van der Waals surface area contributed by atoms with Crippen molar-refractivity contribution in [3.05, 3.63) is 96.3 Å². The molecule has 3 aromatic carbocycles. The van der Waals surface area contributed by atoms with E-state index in [2.05, 4.69) is 63.3 Å². The summed E-state index contributed by atoms with van der Waals surface area (Å²) in [5, 5.41) is 0.582. The molecule has 5 rings (SSSR count). The lowest BCUT2D eigenvalue weighted by atomic mass is 10.0. The average molecular weight is 397 g/mol. The van der Waals surface area contributed by atoms with Crippen LogP contribution in [0.15, 0.2) is 84.9 Å². The number of benzene rings is 3. The smallest absolute Gasteiger partial charge is 0.136 e. The summed E-state index contributed by atoms with van der Waals surface area (Å²) in [4.78, 5) is 9.31. The van der Waals surface area contributed by atoms with Crippen LogP contribution in [0.5, 0.6) is 0 Å². The van der Waals surface area contributed by atoms with Crippen LogP contribution in [-0.4, -0.2) is 36.1 Å². The first kappa shape index (κ1) is 18.8. The van der Waals surface area contributed by atoms with Crippen LogP contribution in [0, 0.1) is 5.82 Å². The van der Waals surface area contributed by atoms with Crippen molar-refractivity contribution < 1.29 is 4.39 Å². The molecule has 0 amide bonds. The lowest BCUT2D eigenvalue weighted by Gasteiger charge is -2.35. The number of rotatable bonds is 4. The van der Waals surface area contributed by atoms with E-state index in [9.17, 15) is 4.39 Å². The number of halogens is 1. The zero-order valence-corrected chi connectivity index (χ0v) is 16.8. The number of pyridine rings is 1. The highest BCUT2D eigenvalue weighted by molar-refractivity contribution is 5.81. The number of nitrogens with zero attached hydrogens (tertiary/aromatic N) is 3. The van der Waals surface area contributed by atoms with Gasteiger partial charge in [-0.1, -0.05) is 66.7 Å². The van der Waals surface area contributed by atoms with Crippen molar-refractivity contribution in [3.63, 3.8) is 0 Å². The maximum absolute atomic E-state index is 14.4. The molecule has 0 unspecified atom stereocenters. The summed E-state index contributed by atoms with van der Waals surface area (Å²) in [6, 6.07) is 28.2. The Morgan fingerprint density at radius 3 is 2.17 bits per heavy atom. The van der Waals surface area contributed by atoms with Gasteiger partial charge in [-0.25, -0.2) is 9.37 Å². The van der Waals surface area contributed by atoms with Crippen LogP contribution in [0.4, 0.5) is 10.2 Å². The summed E-state index contributed by atoms with van der Waals surface area (Å²) in [6.07, 6.45) is 0. The highest BCUT2D eigenvalue weighted by atomic mass is 19.1. The Morgan fingerprint density at radius 1 is 0.733 bits per heavy atom. The fraction of sp³-hybridized carbons (Fsp3) is 0.192. The summed E-state index contributed by atoms with van der Waals surface area (Å²) >= 11 is 0. The first-order valence-electron chi connectivity index (χ1n) is 10.4. The predicted octanol–water partition coefficient (Wildman–Crippen LogP) is 5.36. The van der Waals surface area contributed by atoms with Gasteiger partial charge in [0.05, 0.1) is 5.52 Å². The molecule has 1 aliphatic heterocycles. The van der Waals surface area contributed by atoms with Crippen LogP contribution in [0.1, 0.15) is 5.56 Å². The topological polar surface area (TPSA) is 19.4 Å². The summed E-state index contributed by atoms with van der Waals surface area (Å²) in [5.41, 5.74) is 4.52. The van der Waals surface area contributed by atoms with Gasteiger partial charge in [0.15, 0.2) is 0 Å². The number of fused-ring (bicyclic) bond motifs is 1. The van der Waals surface area contributed by atoms with E-state index in [0.717, 1.165) is 38.5 Å². The molecule has 0 aliphatic carbocycles. The predicted molar refractivity (Wildman–Crippen MR) is 121 cm³/mol. The fourth-order valence-electron chi connectivity index (χ4n) is 4.11. The zero-order chi connectivity index (χ0) is 20.3. The van der Waals surface area contributed by atoms with Crippen molar-refractivity contribution in [2.75, 3.05) is 31.1 Å². The van der Waals surface area contributed by atoms with E-state index in [-0.39, 0.29) is 5.82 Å². The first-order valence-corrected chi connectivity index (χ1v) is 10.4. The highest BCUT2D eigenvalue weighted by Gasteiger charge is 2.19. The molecule has 0 saturated carbocycles. The summed E-state index contributed by atoms with van der Waals surface area (Å²) < 4.78 is 14.4. The van der Waals surface area contributed by atoms with Crippen LogP contribution in [0.25, 0.3) is 22.0 Å². The molecule has 0 bridgehead atoms. The largest absolute Gasteiger partial charge is 0.354 e. The summed E-state index contributed by atoms with van der Waals surface area (Å²) in [6.45, 7) is 4.52. The Bertz CT molecular complexity index is 1130. The summed E-state index contributed by atoms with van der Waals surface area (Å²) in [5.74, 6) is 0.537. The number of hydrogen-bond donors (Lipinski definition) is 0. The van der Waals surface area contributed by atoms with Crippen LogP contribution < -0.4 is 4.90 Å². The van der Waals surface area contributed by atoms with Gasteiger partial charge >= 0.3 is 0 Å². The third-order valence-electron chi connectivity index (χ3n) is 5.82. The Hall–Kier alpha value is -3.24. The molecule has 0 N–H and O–H groups in total. The molecular weight excluding hydrogens is 373 g/mol. The van der Waals surface area contributed by atoms with Crippen molar-refractivity contribution in [2.24, 2.45) is 0 Å². The maximum Gasteiger partial charge on any atom is 0.136 e. The monoisotopic (exact) mass is 397 g/mol. The second-order valence-corrected chi connectivity index (χ2v) is 7.81. The van der Waals surface area contributed by atoms with Gasteiger partial charge in [0.2, 0.25) is 0 Å². The number of hydrogen-bond acceptors (Lipinski definition) is 3. The number of piperazine rings is 1. The van der Waals surface area contributed by atoms with Gasteiger partial charge in [0.1, 0.15) is 11.6 Å². The minimum Gasteiger partial charge on any atom is -0.354 e. The van der Waals surface area contributed by atoms with Crippen LogP contribution in [0.3, 0.4) is 0 Å². The molecule has 1 saturated heterocycles. The molecule has 3 nitrogen and oxygen atoms in total. The third-order valence-corrected chi connectivity index (χ3v) is 5.82. The van der Waals surface area contributed by atoms with Crippen LogP contribution in [0.2, 0.25) is 0 Å². The second-order valence-electron chi connectivity index (χ2n) is 7.81. The van der Waals surface area contributed by atoms with Gasteiger partial charge in [-0.3, -0.25) is 4.90 Å². The van der Waals surface area contributed by atoms with Crippen molar-refractivity contribution in [1.82, 2.24) is 9.88 Å². The lowest BCUT2D eigenvalue weighted by molar-refractivity contribution is 0.249. The van der Waals surface area contributed by atoms with E-state index in [0.29, 0.717) is 10.9 Å². The summed E-state index contributed by atoms with van der Waals surface area (Å²) in [7, 11) is 0. The van der Waals surface area contributed by atoms with Gasteiger partial charge in [0, 0.05) is 44.2 Å². The second kappa shape index (κ2) is 8.25. The molecule has 150 valence electrons. The van der Waals surface area contributed by atoms with Crippen molar-refractivity contribution in [2.45, 2.75) is 6.54 Å². The molecule has 4 heteroatoms. The van der Waals surface area contributed by atoms with E-state index >= 15 is 0 Å². The molecule has 1 aromatic heterocycles. The maximum atomic E-state index is 14.4. The molecule has 30 heavy (non-hydrogen) atoms.